The standard InChI is InChI=1S/C15H10BrFN2O/c1-8-4-9(2-3-13(8)17)14(20)12-7-19-15-11(12)5-10(16)6-18-15/h2-7H,1H3,(H,18,19). The second-order valence-corrected chi connectivity index (χ2v) is 5.46. The van der Waals surface area contributed by atoms with E-state index in [4.69, 9.17) is 0 Å². The van der Waals surface area contributed by atoms with E-state index >= 15 is 0 Å². The van der Waals surface area contributed by atoms with Gasteiger partial charge in [0.05, 0.1) is 0 Å². The van der Waals surface area contributed by atoms with E-state index in [-0.39, 0.29) is 11.6 Å². The van der Waals surface area contributed by atoms with Crippen LogP contribution in [-0.4, -0.2) is 15.8 Å². The van der Waals surface area contributed by atoms with Gasteiger partial charge in [0.25, 0.3) is 0 Å². The van der Waals surface area contributed by atoms with Crippen LogP contribution >= 0.6 is 15.9 Å². The minimum atomic E-state index is -0.315. The molecule has 3 aromatic rings. The van der Waals surface area contributed by atoms with E-state index in [1.165, 1.54) is 12.1 Å². The van der Waals surface area contributed by atoms with Crippen molar-refractivity contribution in [1.82, 2.24) is 9.97 Å². The molecule has 3 nitrogen and oxygen atoms in total. The van der Waals surface area contributed by atoms with Gasteiger partial charge in [-0.25, -0.2) is 9.37 Å². The molecule has 0 aliphatic heterocycles. The Morgan fingerprint density at radius 1 is 1.35 bits per heavy atom. The monoisotopic (exact) mass is 332 g/mol. The van der Waals surface area contributed by atoms with Gasteiger partial charge in [0, 0.05) is 33.4 Å². The van der Waals surface area contributed by atoms with Crippen LogP contribution in [0.5, 0.6) is 0 Å². The lowest BCUT2D eigenvalue weighted by molar-refractivity contribution is 0.104. The average molecular weight is 333 g/mol. The zero-order valence-corrected chi connectivity index (χ0v) is 12.2. The molecule has 100 valence electrons. The van der Waals surface area contributed by atoms with Gasteiger partial charge in [-0.2, -0.15) is 0 Å². The summed E-state index contributed by atoms with van der Waals surface area (Å²) in [6.07, 6.45) is 3.29. The number of benzene rings is 1. The van der Waals surface area contributed by atoms with Crippen molar-refractivity contribution in [2.45, 2.75) is 6.92 Å². The molecule has 0 atom stereocenters. The molecule has 0 aliphatic carbocycles. The fraction of sp³-hybridized carbons (Fsp3) is 0.0667. The molecule has 0 aliphatic rings. The maximum absolute atomic E-state index is 13.3. The van der Waals surface area contributed by atoms with Gasteiger partial charge < -0.3 is 4.98 Å². The molecule has 0 unspecified atom stereocenters. The molecule has 0 saturated carbocycles. The van der Waals surface area contributed by atoms with E-state index < -0.39 is 0 Å². The molecule has 5 heteroatoms. The van der Waals surface area contributed by atoms with E-state index in [1.54, 1.807) is 25.4 Å². The molecule has 0 radical (unpaired) electrons. The minimum Gasteiger partial charge on any atom is -0.345 e. The number of aromatic amines is 1. The number of hydrogen-bond acceptors (Lipinski definition) is 2. The summed E-state index contributed by atoms with van der Waals surface area (Å²) in [5.41, 5.74) is 2.09. The Morgan fingerprint density at radius 3 is 2.90 bits per heavy atom. The summed E-state index contributed by atoms with van der Waals surface area (Å²) >= 11 is 3.34. The summed E-state index contributed by atoms with van der Waals surface area (Å²) in [5, 5.41) is 0.742. The van der Waals surface area contributed by atoms with Gasteiger partial charge in [-0.1, -0.05) is 0 Å². The first-order valence-electron chi connectivity index (χ1n) is 6.00. The number of nitrogens with zero attached hydrogens (tertiary/aromatic N) is 1. The second kappa shape index (κ2) is 4.83. The van der Waals surface area contributed by atoms with Crippen LogP contribution < -0.4 is 0 Å². The van der Waals surface area contributed by atoms with Crippen molar-refractivity contribution in [3.8, 4) is 0 Å². The molecular formula is C15H10BrFN2O. The van der Waals surface area contributed by atoms with Gasteiger partial charge in [-0.3, -0.25) is 4.79 Å². The topological polar surface area (TPSA) is 45.8 Å². The first kappa shape index (κ1) is 13.0. The number of rotatable bonds is 2. The maximum atomic E-state index is 13.3. The van der Waals surface area contributed by atoms with Crippen LogP contribution in [0, 0.1) is 12.7 Å². The van der Waals surface area contributed by atoms with Gasteiger partial charge in [0.1, 0.15) is 11.5 Å². The fourth-order valence-electron chi connectivity index (χ4n) is 2.11. The molecule has 0 amide bonds. The quantitative estimate of drug-likeness (QED) is 0.721. The number of pyridine rings is 1. The number of H-pyrrole nitrogens is 1. The molecule has 20 heavy (non-hydrogen) atoms. The van der Waals surface area contributed by atoms with Gasteiger partial charge in [-0.15, -0.1) is 0 Å². The molecule has 0 saturated heterocycles. The number of nitrogens with one attached hydrogen (secondary N) is 1. The van der Waals surface area contributed by atoms with Gasteiger partial charge in [0.15, 0.2) is 5.78 Å². The van der Waals surface area contributed by atoms with Crippen LogP contribution in [-0.2, 0) is 0 Å². The summed E-state index contributed by atoms with van der Waals surface area (Å²) in [6.45, 7) is 1.64. The third kappa shape index (κ3) is 2.14. The Kier molecular flexibility index (Phi) is 3.14. The largest absolute Gasteiger partial charge is 0.345 e. The van der Waals surface area contributed by atoms with Crippen LogP contribution in [0.15, 0.2) is 41.1 Å². The van der Waals surface area contributed by atoms with Gasteiger partial charge in [0.2, 0.25) is 0 Å². The zero-order chi connectivity index (χ0) is 14.3. The van der Waals surface area contributed by atoms with E-state index in [0.717, 1.165) is 9.86 Å². The predicted octanol–water partition coefficient (Wildman–Crippen LogP) is 4.00. The van der Waals surface area contributed by atoms with Gasteiger partial charge >= 0.3 is 0 Å². The molecule has 1 N–H and O–H groups in total. The summed E-state index contributed by atoms with van der Waals surface area (Å²) in [4.78, 5) is 19.7. The second-order valence-electron chi connectivity index (χ2n) is 4.55. The zero-order valence-electron chi connectivity index (χ0n) is 10.6. The number of hydrogen-bond donors (Lipinski definition) is 1. The lowest BCUT2D eigenvalue weighted by atomic mass is 10.0. The third-order valence-electron chi connectivity index (χ3n) is 3.16. The number of halogens is 2. The van der Waals surface area contributed by atoms with Crippen molar-refractivity contribution >= 4 is 32.7 Å². The van der Waals surface area contributed by atoms with Crippen LogP contribution in [0.2, 0.25) is 0 Å². The predicted molar refractivity (Wildman–Crippen MR) is 78.4 cm³/mol. The Labute approximate surface area is 123 Å². The highest BCUT2D eigenvalue weighted by Crippen LogP contribution is 2.23. The fourth-order valence-corrected chi connectivity index (χ4v) is 2.44. The number of ketones is 1. The smallest absolute Gasteiger partial charge is 0.195 e. The van der Waals surface area contributed by atoms with E-state index in [9.17, 15) is 9.18 Å². The number of aryl methyl sites for hydroxylation is 1. The van der Waals surface area contributed by atoms with Crippen LogP contribution in [0.4, 0.5) is 4.39 Å². The van der Waals surface area contributed by atoms with Crippen molar-refractivity contribution < 1.29 is 9.18 Å². The maximum Gasteiger partial charge on any atom is 0.195 e. The lowest BCUT2D eigenvalue weighted by Crippen LogP contribution is -2.01. The van der Waals surface area contributed by atoms with Crippen molar-refractivity contribution in [2.75, 3.05) is 0 Å². The highest BCUT2D eigenvalue weighted by atomic mass is 79.9. The van der Waals surface area contributed by atoms with Gasteiger partial charge in [-0.05, 0) is 52.7 Å². The number of aromatic nitrogens is 2. The molecule has 0 fully saturated rings. The van der Waals surface area contributed by atoms with Crippen molar-refractivity contribution in [2.24, 2.45) is 0 Å². The van der Waals surface area contributed by atoms with Crippen LogP contribution in [0.3, 0.4) is 0 Å². The van der Waals surface area contributed by atoms with Crippen molar-refractivity contribution in [1.29, 1.82) is 0 Å². The molecule has 1 aromatic carbocycles. The first-order valence-corrected chi connectivity index (χ1v) is 6.79. The van der Waals surface area contributed by atoms with E-state index in [2.05, 4.69) is 25.9 Å². The Bertz CT molecular complexity index is 826. The Balaban J connectivity index is 2.12. The lowest BCUT2D eigenvalue weighted by Gasteiger charge is -2.02. The van der Waals surface area contributed by atoms with Crippen molar-refractivity contribution in [3.05, 3.63) is 63.6 Å². The van der Waals surface area contributed by atoms with Crippen molar-refractivity contribution in [3.63, 3.8) is 0 Å². The highest BCUT2D eigenvalue weighted by Gasteiger charge is 2.15. The third-order valence-corrected chi connectivity index (χ3v) is 3.60. The summed E-state index contributed by atoms with van der Waals surface area (Å²) in [6, 6.07) is 6.20. The number of carbonyl (C=O) groups is 1. The summed E-state index contributed by atoms with van der Waals surface area (Å²) in [5.74, 6) is -0.468. The highest BCUT2D eigenvalue weighted by molar-refractivity contribution is 9.10. The Hall–Kier alpha value is -2.01. The molecule has 0 spiro atoms. The SMILES string of the molecule is Cc1cc(C(=O)c2c[nH]c3ncc(Br)cc23)ccc1F. The van der Waals surface area contributed by atoms with Crippen LogP contribution in [0.1, 0.15) is 21.5 Å². The molecule has 2 heterocycles. The summed E-state index contributed by atoms with van der Waals surface area (Å²) < 4.78 is 14.1. The van der Waals surface area contributed by atoms with E-state index in [1.807, 2.05) is 6.07 Å². The Morgan fingerprint density at radius 2 is 2.15 bits per heavy atom. The molecular weight excluding hydrogens is 323 g/mol. The molecule has 0 bridgehead atoms. The average Bonchev–Trinajstić information content (AvgIpc) is 2.84. The normalized spacial score (nSPS) is 10.9. The first-order chi connectivity index (χ1) is 9.56. The minimum absolute atomic E-state index is 0.153. The van der Waals surface area contributed by atoms with Crippen LogP contribution in [0.25, 0.3) is 11.0 Å². The number of fused-ring (bicyclic) bond motifs is 1. The molecule has 2 aromatic heterocycles. The number of carbonyl (C=O) groups excluding carboxylic acids is 1. The molecule has 3 rings (SSSR count). The summed E-state index contributed by atoms with van der Waals surface area (Å²) in [7, 11) is 0. The van der Waals surface area contributed by atoms with E-state index in [0.29, 0.717) is 22.3 Å².